The number of hydrogen-bond donors (Lipinski definition) is 2. The van der Waals surface area contributed by atoms with Crippen LogP contribution in [0.4, 0.5) is 0 Å². The van der Waals surface area contributed by atoms with Gasteiger partial charge in [0.1, 0.15) is 5.82 Å². The van der Waals surface area contributed by atoms with E-state index in [1.54, 1.807) is 6.07 Å². The fourth-order valence-corrected chi connectivity index (χ4v) is 1.83. The lowest BCUT2D eigenvalue weighted by molar-refractivity contribution is 0.0960. The van der Waals surface area contributed by atoms with Gasteiger partial charge in [-0.15, -0.1) is 0 Å². The van der Waals surface area contributed by atoms with E-state index in [0.717, 1.165) is 16.9 Å². The molecule has 1 aromatic heterocycles. The number of nitrogens with zero attached hydrogens (tertiary/aromatic N) is 1. The lowest BCUT2D eigenvalue weighted by Crippen LogP contribution is -2.34. The van der Waals surface area contributed by atoms with Crippen LogP contribution in [0.5, 0.6) is 0 Å². The summed E-state index contributed by atoms with van der Waals surface area (Å²) in [7, 11) is 0. The van der Waals surface area contributed by atoms with E-state index in [1.165, 1.54) is 0 Å². The molecule has 2 rings (SSSR count). The van der Waals surface area contributed by atoms with Crippen molar-refractivity contribution < 1.29 is 4.79 Å². The average Bonchev–Trinajstić information content (AvgIpc) is 2.53. The number of nitrogens with two attached hydrogens (primary N) is 1. The molecule has 0 bridgehead atoms. The van der Waals surface area contributed by atoms with Gasteiger partial charge >= 0.3 is 0 Å². The van der Waals surface area contributed by atoms with E-state index in [1.807, 2.05) is 32.9 Å². The Bertz CT molecular complexity index is 564. The molecule has 0 radical (unpaired) electrons. The molecule has 0 aliphatic rings. The number of carbonyl (C=O) groups is 1. The minimum atomic E-state index is -0.476. The van der Waals surface area contributed by atoms with Crippen LogP contribution in [0.15, 0.2) is 18.2 Å². The van der Waals surface area contributed by atoms with Crippen LogP contribution < -0.4 is 5.73 Å². The summed E-state index contributed by atoms with van der Waals surface area (Å²) in [6.45, 7) is 5.60. The topological polar surface area (TPSA) is 71.8 Å². The number of fused-ring (bicyclic) bond motifs is 1. The fourth-order valence-electron chi connectivity index (χ4n) is 1.83. The number of aromatic nitrogens is 2. The largest absolute Gasteiger partial charge is 0.342 e. The predicted molar refractivity (Wildman–Crippen MR) is 68.0 cm³/mol. The summed E-state index contributed by atoms with van der Waals surface area (Å²) in [4.78, 5) is 19.4. The van der Waals surface area contributed by atoms with Gasteiger partial charge in [-0.2, -0.15) is 0 Å². The monoisotopic (exact) mass is 231 g/mol. The molecule has 4 heteroatoms. The van der Waals surface area contributed by atoms with Gasteiger partial charge in [-0.25, -0.2) is 4.98 Å². The SMILES string of the molecule is Cc1nc2ccc(C(=O)CC(C)(C)N)cc2[nH]1. The highest BCUT2D eigenvalue weighted by atomic mass is 16.1. The van der Waals surface area contributed by atoms with E-state index in [2.05, 4.69) is 9.97 Å². The van der Waals surface area contributed by atoms with Gasteiger partial charge in [0.2, 0.25) is 0 Å². The molecule has 0 aliphatic carbocycles. The van der Waals surface area contributed by atoms with Crippen LogP contribution in [0.2, 0.25) is 0 Å². The van der Waals surface area contributed by atoms with Crippen LogP contribution in [0.1, 0.15) is 36.5 Å². The Morgan fingerprint density at radius 3 is 2.82 bits per heavy atom. The average molecular weight is 231 g/mol. The number of Topliss-reactive ketones (excluding diaryl/α,β-unsaturated/α-hetero) is 1. The summed E-state index contributed by atoms with van der Waals surface area (Å²) in [6.07, 6.45) is 0.339. The second kappa shape index (κ2) is 3.96. The number of hydrogen-bond acceptors (Lipinski definition) is 3. The highest BCUT2D eigenvalue weighted by Gasteiger charge is 2.18. The molecule has 1 heterocycles. The van der Waals surface area contributed by atoms with Gasteiger partial charge in [0.25, 0.3) is 0 Å². The summed E-state index contributed by atoms with van der Waals surface area (Å²) >= 11 is 0. The summed E-state index contributed by atoms with van der Waals surface area (Å²) in [5, 5.41) is 0. The van der Waals surface area contributed by atoms with Gasteiger partial charge < -0.3 is 10.7 Å². The third-order valence-electron chi connectivity index (χ3n) is 2.54. The first-order valence-corrected chi connectivity index (χ1v) is 5.64. The molecule has 0 aliphatic heterocycles. The fraction of sp³-hybridized carbons (Fsp3) is 0.385. The Hall–Kier alpha value is -1.68. The van der Waals surface area contributed by atoms with Crippen molar-refractivity contribution in [2.24, 2.45) is 5.73 Å². The molecular weight excluding hydrogens is 214 g/mol. The van der Waals surface area contributed by atoms with E-state index in [0.29, 0.717) is 12.0 Å². The minimum absolute atomic E-state index is 0.0617. The number of benzene rings is 1. The number of aryl methyl sites for hydroxylation is 1. The molecule has 0 fully saturated rings. The molecule has 90 valence electrons. The Balaban J connectivity index is 2.33. The van der Waals surface area contributed by atoms with Crippen molar-refractivity contribution in [3.63, 3.8) is 0 Å². The third-order valence-corrected chi connectivity index (χ3v) is 2.54. The van der Waals surface area contributed by atoms with Gasteiger partial charge in [-0.05, 0) is 39.0 Å². The second-order valence-electron chi connectivity index (χ2n) is 5.14. The van der Waals surface area contributed by atoms with E-state index in [9.17, 15) is 4.79 Å². The summed E-state index contributed by atoms with van der Waals surface area (Å²) in [5.74, 6) is 0.912. The first-order valence-electron chi connectivity index (χ1n) is 5.64. The van der Waals surface area contributed by atoms with E-state index < -0.39 is 5.54 Å². The lowest BCUT2D eigenvalue weighted by Gasteiger charge is -2.16. The first-order chi connectivity index (χ1) is 7.85. The zero-order valence-corrected chi connectivity index (χ0v) is 10.4. The van der Waals surface area contributed by atoms with Crippen molar-refractivity contribution >= 4 is 16.8 Å². The van der Waals surface area contributed by atoms with Crippen molar-refractivity contribution in [3.8, 4) is 0 Å². The van der Waals surface area contributed by atoms with Crippen molar-refractivity contribution in [1.29, 1.82) is 0 Å². The molecule has 0 atom stereocenters. The lowest BCUT2D eigenvalue weighted by atomic mass is 9.95. The van der Waals surface area contributed by atoms with Crippen LogP contribution in [-0.4, -0.2) is 21.3 Å². The molecule has 1 aromatic carbocycles. The first kappa shape index (κ1) is 11.8. The second-order valence-corrected chi connectivity index (χ2v) is 5.14. The van der Waals surface area contributed by atoms with Gasteiger partial charge in [0, 0.05) is 17.5 Å². The highest BCUT2D eigenvalue weighted by Crippen LogP contribution is 2.17. The molecule has 0 saturated carbocycles. The maximum atomic E-state index is 12.0. The summed E-state index contributed by atoms with van der Waals surface area (Å²) in [5.41, 5.74) is 7.83. The Kier molecular flexibility index (Phi) is 2.75. The number of aromatic amines is 1. The van der Waals surface area contributed by atoms with E-state index >= 15 is 0 Å². The molecule has 0 saturated heterocycles. The molecule has 4 nitrogen and oxygen atoms in total. The normalized spacial score (nSPS) is 12.0. The van der Waals surface area contributed by atoms with Crippen molar-refractivity contribution in [2.75, 3.05) is 0 Å². The van der Waals surface area contributed by atoms with Gasteiger partial charge in [-0.3, -0.25) is 4.79 Å². The quantitative estimate of drug-likeness (QED) is 0.795. The van der Waals surface area contributed by atoms with Crippen molar-refractivity contribution in [2.45, 2.75) is 32.7 Å². The zero-order valence-electron chi connectivity index (χ0n) is 10.4. The minimum Gasteiger partial charge on any atom is -0.342 e. The van der Waals surface area contributed by atoms with Crippen LogP contribution in [-0.2, 0) is 0 Å². The number of carbonyl (C=O) groups excluding carboxylic acids is 1. The molecule has 2 aromatic rings. The van der Waals surface area contributed by atoms with Gasteiger partial charge in [0.05, 0.1) is 11.0 Å². The summed E-state index contributed by atoms with van der Waals surface area (Å²) < 4.78 is 0. The van der Waals surface area contributed by atoms with Crippen LogP contribution in [0, 0.1) is 6.92 Å². The molecule has 0 spiro atoms. The Labute approximate surface area is 100 Å². The van der Waals surface area contributed by atoms with Crippen molar-refractivity contribution in [1.82, 2.24) is 9.97 Å². The Morgan fingerprint density at radius 1 is 1.47 bits per heavy atom. The van der Waals surface area contributed by atoms with Gasteiger partial charge in [0.15, 0.2) is 5.78 Å². The standard InChI is InChI=1S/C13H17N3O/c1-8-15-10-5-4-9(6-11(10)16-8)12(17)7-13(2,3)14/h4-6H,7,14H2,1-3H3,(H,15,16). The number of rotatable bonds is 3. The molecule has 17 heavy (non-hydrogen) atoms. The third kappa shape index (κ3) is 2.71. The van der Waals surface area contributed by atoms with Crippen molar-refractivity contribution in [3.05, 3.63) is 29.6 Å². The van der Waals surface area contributed by atoms with E-state index in [-0.39, 0.29) is 5.78 Å². The van der Waals surface area contributed by atoms with Crippen LogP contribution in [0.3, 0.4) is 0 Å². The highest BCUT2D eigenvalue weighted by molar-refractivity contribution is 5.99. The van der Waals surface area contributed by atoms with Gasteiger partial charge in [-0.1, -0.05) is 0 Å². The molecule has 3 N–H and O–H groups in total. The Morgan fingerprint density at radius 2 is 2.18 bits per heavy atom. The van der Waals surface area contributed by atoms with Crippen LogP contribution >= 0.6 is 0 Å². The van der Waals surface area contributed by atoms with Crippen LogP contribution in [0.25, 0.3) is 11.0 Å². The predicted octanol–water partition coefficient (Wildman–Crippen LogP) is 2.18. The smallest absolute Gasteiger partial charge is 0.164 e. The molecule has 0 unspecified atom stereocenters. The maximum absolute atomic E-state index is 12.0. The van der Waals surface area contributed by atoms with E-state index in [4.69, 9.17) is 5.73 Å². The molecular formula is C13H17N3O. The summed E-state index contributed by atoms with van der Waals surface area (Å²) in [6, 6.07) is 5.50. The number of ketones is 1. The zero-order chi connectivity index (χ0) is 12.6. The number of nitrogens with one attached hydrogen (secondary N) is 1. The number of H-pyrrole nitrogens is 1. The molecule has 0 amide bonds. The maximum Gasteiger partial charge on any atom is 0.164 e. The number of imidazole rings is 1.